The molecule has 1 aliphatic rings. The minimum atomic E-state index is -0.170. The summed E-state index contributed by atoms with van der Waals surface area (Å²) in [6.45, 7) is 3.41. The Bertz CT molecular complexity index is 780. The van der Waals surface area contributed by atoms with Crippen LogP contribution in [0.2, 0.25) is 0 Å². The number of benzene rings is 2. The van der Waals surface area contributed by atoms with E-state index in [0.29, 0.717) is 25.9 Å². The van der Waals surface area contributed by atoms with Crippen molar-refractivity contribution < 1.29 is 14.3 Å². The summed E-state index contributed by atoms with van der Waals surface area (Å²) in [5.41, 5.74) is 2.69. The fourth-order valence-electron chi connectivity index (χ4n) is 3.15. The molecule has 0 unspecified atom stereocenters. The van der Waals surface area contributed by atoms with Crippen LogP contribution in [0.1, 0.15) is 34.3 Å². The number of rotatable bonds is 4. The molecule has 1 amide bonds. The van der Waals surface area contributed by atoms with E-state index in [1.807, 2.05) is 60.4 Å². The van der Waals surface area contributed by atoms with Crippen LogP contribution in [0.25, 0.3) is 0 Å². The van der Waals surface area contributed by atoms with Crippen molar-refractivity contribution >= 4 is 27.8 Å². The van der Waals surface area contributed by atoms with Gasteiger partial charge in [0.05, 0.1) is 5.92 Å². The third-order valence-electron chi connectivity index (χ3n) is 4.79. The molecule has 0 atom stereocenters. The van der Waals surface area contributed by atoms with Gasteiger partial charge in [-0.05, 0) is 49.1 Å². The number of aryl methyl sites for hydroxylation is 1. The van der Waals surface area contributed by atoms with Crippen LogP contribution in [-0.2, 0) is 16.1 Å². The molecule has 0 aromatic heterocycles. The molecule has 0 bridgehead atoms. The minimum absolute atomic E-state index is 0.0461. The Morgan fingerprint density at radius 1 is 1.08 bits per heavy atom. The zero-order valence-corrected chi connectivity index (χ0v) is 16.4. The molecular weight excluding hydrogens is 394 g/mol. The van der Waals surface area contributed by atoms with E-state index in [1.165, 1.54) is 0 Å². The lowest BCUT2D eigenvalue weighted by Gasteiger charge is -2.31. The highest BCUT2D eigenvalue weighted by molar-refractivity contribution is 9.10. The highest BCUT2D eigenvalue weighted by Gasteiger charge is 2.29. The van der Waals surface area contributed by atoms with Gasteiger partial charge in [-0.1, -0.05) is 46.3 Å². The average molecular weight is 416 g/mol. The van der Waals surface area contributed by atoms with Gasteiger partial charge in [0, 0.05) is 23.1 Å². The van der Waals surface area contributed by atoms with E-state index in [-0.39, 0.29) is 24.4 Å². The molecule has 2 aromatic carbocycles. The number of carbonyl (C=O) groups excluding carboxylic acids is 2. The van der Waals surface area contributed by atoms with Gasteiger partial charge in [0.25, 0.3) is 5.91 Å². The number of ether oxygens (including phenoxy) is 1. The van der Waals surface area contributed by atoms with Gasteiger partial charge in [0.1, 0.15) is 6.61 Å². The lowest BCUT2D eigenvalue weighted by atomic mass is 9.96. The molecule has 0 saturated carbocycles. The van der Waals surface area contributed by atoms with Gasteiger partial charge in [-0.3, -0.25) is 9.59 Å². The maximum atomic E-state index is 12.6. The van der Waals surface area contributed by atoms with Crippen LogP contribution in [0, 0.1) is 12.8 Å². The lowest BCUT2D eigenvalue weighted by Crippen LogP contribution is -2.40. The number of halogens is 1. The van der Waals surface area contributed by atoms with Gasteiger partial charge in [-0.25, -0.2) is 0 Å². The summed E-state index contributed by atoms with van der Waals surface area (Å²) in [7, 11) is 0. The van der Waals surface area contributed by atoms with E-state index in [1.54, 1.807) is 0 Å². The van der Waals surface area contributed by atoms with E-state index in [0.717, 1.165) is 21.2 Å². The fraction of sp³-hybridized carbons (Fsp3) is 0.333. The number of hydrogen-bond donors (Lipinski definition) is 0. The summed E-state index contributed by atoms with van der Waals surface area (Å²) >= 11 is 3.39. The van der Waals surface area contributed by atoms with Crippen molar-refractivity contribution in [3.05, 3.63) is 69.7 Å². The fourth-order valence-corrected chi connectivity index (χ4v) is 3.42. The molecule has 26 heavy (non-hydrogen) atoms. The van der Waals surface area contributed by atoms with E-state index in [9.17, 15) is 9.59 Å². The highest BCUT2D eigenvalue weighted by atomic mass is 79.9. The Morgan fingerprint density at radius 3 is 2.38 bits per heavy atom. The van der Waals surface area contributed by atoms with Gasteiger partial charge >= 0.3 is 5.97 Å². The van der Waals surface area contributed by atoms with Crippen LogP contribution in [-0.4, -0.2) is 29.9 Å². The third-order valence-corrected chi connectivity index (χ3v) is 5.31. The highest BCUT2D eigenvalue weighted by Crippen LogP contribution is 2.22. The maximum Gasteiger partial charge on any atom is 0.309 e. The number of hydrogen-bond acceptors (Lipinski definition) is 3. The molecule has 0 spiro atoms. The van der Waals surface area contributed by atoms with Crippen molar-refractivity contribution in [3.8, 4) is 0 Å². The summed E-state index contributed by atoms with van der Waals surface area (Å²) in [6, 6.07) is 15.3. The van der Waals surface area contributed by atoms with Crippen molar-refractivity contribution in [1.82, 2.24) is 4.90 Å². The van der Waals surface area contributed by atoms with Gasteiger partial charge in [0.15, 0.2) is 0 Å². The van der Waals surface area contributed by atoms with Crippen molar-refractivity contribution in [2.24, 2.45) is 5.92 Å². The number of nitrogens with zero attached hydrogens (tertiary/aromatic N) is 1. The van der Waals surface area contributed by atoms with E-state index >= 15 is 0 Å². The molecule has 1 heterocycles. The van der Waals surface area contributed by atoms with E-state index < -0.39 is 0 Å². The first-order chi connectivity index (χ1) is 12.5. The van der Waals surface area contributed by atoms with Gasteiger partial charge < -0.3 is 9.64 Å². The Hall–Kier alpha value is -2.14. The standard InChI is InChI=1S/C21H22BrNO3/c1-15-4-2-3-5-19(15)20(24)23-12-10-17(11-13-23)21(25)26-14-16-6-8-18(22)9-7-16/h2-9,17H,10-14H2,1H3. The predicted octanol–water partition coefficient (Wildman–Crippen LogP) is 4.35. The maximum absolute atomic E-state index is 12.6. The van der Waals surface area contributed by atoms with Gasteiger partial charge in [-0.2, -0.15) is 0 Å². The van der Waals surface area contributed by atoms with Gasteiger partial charge in [0.2, 0.25) is 0 Å². The second-order valence-corrected chi connectivity index (χ2v) is 7.53. The lowest BCUT2D eigenvalue weighted by molar-refractivity contribution is -0.151. The quantitative estimate of drug-likeness (QED) is 0.697. The molecule has 3 rings (SSSR count). The Kier molecular flexibility index (Phi) is 6.09. The molecule has 0 aliphatic carbocycles. The SMILES string of the molecule is Cc1ccccc1C(=O)N1CCC(C(=O)OCc2ccc(Br)cc2)CC1. The first-order valence-electron chi connectivity index (χ1n) is 8.80. The first kappa shape index (κ1) is 18.6. The average Bonchev–Trinajstić information content (AvgIpc) is 2.67. The zero-order chi connectivity index (χ0) is 18.5. The molecule has 0 N–H and O–H groups in total. The Labute approximate surface area is 162 Å². The van der Waals surface area contributed by atoms with Crippen molar-refractivity contribution in [3.63, 3.8) is 0 Å². The van der Waals surface area contributed by atoms with Crippen LogP contribution in [0.15, 0.2) is 53.0 Å². The van der Waals surface area contributed by atoms with E-state index in [4.69, 9.17) is 4.74 Å². The second kappa shape index (κ2) is 8.49. The van der Waals surface area contributed by atoms with Crippen LogP contribution in [0.5, 0.6) is 0 Å². The van der Waals surface area contributed by atoms with E-state index in [2.05, 4.69) is 15.9 Å². The molecule has 0 radical (unpaired) electrons. The smallest absolute Gasteiger partial charge is 0.309 e. The number of carbonyl (C=O) groups is 2. The zero-order valence-electron chi connectivity index (χ0n) is 14.8. The summed E-state index contributed by atoms with van der Waals surface area (Å²) < 4.78 is 6.45. The molecular formula is C21H22BrNO3. The van der Waals surface area contributed by atoms with Crippen molar-refractivity contribution in [1.29, 1.82) is 0 Å². The van der Waals surface area contributed by atoms with Gasteiger partial charge in [-0.15, -0.1) is 0 Å². The Morgan fingerprint density at radius 2 is 1.73 bits per heavy atom. The number of piperidine rings is 1. The molecule has 1 aliphatic heterocycles. The minimum Gasteiger partial charge on any atom is -0.461 e. The second-order valence-electron chi connectivity index (χ2n) is 6.62. The molecule has 1 fully saturated rings. The van der Waals surface area contributed by atoms with Crippen LogP contribution in [0.4, 0.5) is 0 Å². The molecule has 4 nitrogen and oxygen atoms in total. The summed E-state index contributed by atoms with van der Waals surface area (Å²) in [4.78, 5) is 26.8. The molecule has 136 valence electrons. The summed E-state index contributed by atoms with van der Waals surface area (Å²) in [5, 5.41) is 0. The molecule has 1 saturated heterocycles. The Balaban J connectivity index is 1.50. The van der Waals surface area contributed by atoms with Crippen molar-refractivity contribution in [2.75, 3.05) is 13.1 Å². The normalized spacial score (nSPS) is 14.9. The van der Waals surface area contributed by atoms with Crippen molar-refractivity contribution in [2.45, 2.75) is 26.4 Å². The van der Waals surface area contributed by atoms with Crippen LogP contribution in [0.3, 0.4) is 0 Å². The van der Waals surface area contributed by atoms with Crippen LogP contribution < -0.4 is 0 Å². The third kappa shape index (κ3) is 4.52. The number of esters is 1. The van der Waals surface area contributed by atoms with Crippen LogP contribution >= 0.6 is 15.9 Å². The molecule has 5 heteroatoms. The topological polar surface area (TPSA) is 46.6 Å². The summed E-state index contributed by atoms with van der Waals surface area (Å²) in [6.07, 6.45) is 1.30. The largest absolute Gasteiger partial charge is 0.461 e. The summed E-state index contributed by atoms with van der Waals surface area (Å²) in [5.74, 6) is -0.257. The first-order valence-corrected chi connectivity index (χ1v) is 9.60. The molecule has 2 aromatic rings. The predicted molar refractivity (Wildman–Crippen MR) is 104 cm³/mol. The monoisotopic (exact) mass is 415 g/mol. The number of likely N-dealkylation sites (tertiary alicyclic amines) is 1. The number of amides is 1.